The summed E-state index contributed by atoms with van der Waals surface area (Å²) < 4.78 is 0. The average molecular weight is 465 g/mol. The molecular formula is C27H36N4O3. The minimum atomic E-state index is -0.994. The van der Waals surface area contributed by atoms with Gasteiger partial charge in [-0.1, -0.05) is 57.2 Å². The molecule has 2 aliphatic carbocycles. The molecule has 2 aromatic rings. The molecule has 0 aromatic heterocycles. The monoisotopic (exact) mass is 464 g/mol. The highest BCUT2D eigenvalue weighted by atomic mass is 16.5. The molecule has 2 bridgehead atoms. The number of hydroxylamine groups is 1. The van der Waals surface area contributed by atoms with E-state index in [2.05, 4.69) is 55.7 Å². The zero-order valence-corrected chi connectivity index (χ0v) is 20.2. The summed E-state index contributed by atoms with van der Waals surface area (Å²) in [4.78, 5) is 23.9. The summed E-state index contributed by atoms with van der Waals surface area (Å²) in [5.74, 6) is 1.14. The van der Waals surface area contributed by atoms with Crippen LogP contribution in [0.25, 0.3) is 11.1 Å². The predicted octanol–water partition coefficient (Wildman–Crippen LogP) is 3.08. The molecule has 2 saturated carbocycles. The van der Waals surface area contributed by atoms with Crippen molar-refractivity contribution in [3.8, 4) is 11.1 Å². The van der Waals surface area contributed by atoms with Crippen LogP contribution in [0.3, 0.4) is 0 Å². The van der Waals surface area contributed by atoms with Gasteiger partial charge in [0, 0.05) is 24.7 Å². The van der Waals surface area contributed by atoms with Gasteiger partial charge in [0.05, 0.1) is 0 Å². The van der Waals surface area contributed by atoms with E-state index in [1.165, 1.54) is 23.9 Å². The highest BCUT2D eigenvalue weighted by Gasteiger charge is 2.56. The smallest absolute Gasteiger partial charge is 0.267 e. The van der Waals surface area contributed by atoms with Crippen molar-refractivity contribution in [3.05, 3.63) is 59.7 Å². The van der Waals surface area contributed by atoms with Gasteiger partial charge in [0.15, 0.2) is 0 Å². The molecule has 4 rings (SSSR count). The molecule has 2 amide bonds. The lowest BCUT2D eigenvalue weighted by Crippen LogP contribution is -2.50. The van der Waals surface area contributed by atoms with Crippen LogP contribution in [0, 0.1) is 23.2 Å². The molecule has 0 saturated heterocycles. The molecule has 0 unspecified atom stereocenters. The number of nitrogens with two attached hydrogens (primary N) is 1. The van der Waals surface area contributed by atoms with Crippen LogP contribution in [0.5, 0.6) is 0 Å². The molecule has 0 aliphatic heterocycles. The Labute approximate surface area is 201 Å². The second-order valence-corrected chi connectivity index (χ2v) is 10.4. The molecular weight excluding hydrogens is 428 g/mol. The quantitative estimate of drug-likeness (QED) is 0.304. The lowest BCUT2D eigenvalue weighted by molar-refractivity contribution is -0.130. The van der Waals surface area contributed by atoms with Gasteiger partial charge in [0.2, 0.25) is 0 Å². The summed E-state index contributed by atoms with van der Waals surface area (Å²) in [7, 11) is 0. The average Bonchev–Trinajstić information content (AvgIpc) is 3.25. The molecule has 2 aromatic carbocycles. The van der Waals surface area contributed by atoms with Crippen LogP contribution >= 0.6 is 0 Å². The topological polar surface area (TPSA) is 116 Å². The van der Waals surface area contributed by atoms with E-state index >= 15 is 0 Å². The maximum absolute atomic E-state index is 12.4. The van der Waals surface area contributed by atoms with E-state index in [-0.39, 0.29) is 6.54 Å². The zero-order valence-electron chi connectivity index (χ0n) is 20.2. The van der Waals surface area contributed by atoms with Crippen LogP contribution in [0.4, 0.5) is 0 Å². The first-order valence-electron chi connectivity index (χ1n) is 12.1. The van der Waals surface area contributed by atoms with Crippen LogP contribution in [-0.2, 0) is 11.3 Å². The highest BCUT2D eigenvalue weighted by Crippen LogP contribution is 2.60. The number of hydrogen-bond acceptors (Lipinski definition) is 5. The molecule has 0 spiro atoms. The van der Waals surface area contributed by atoms with Crippen molar-refractivity contribution < 1.29 is 14.8 Å². The number of rotatable bonds is 8. The van der Waals surface area contributed by atoms with Gasteiger partial charge in [0.1, 0.15) is 6.04 Å². The Balaban J connectivity index is 1.35. The number of carbonyl (C=O) groups is 2. The third-order valence-electron chi connectivity index (χ3n) is 8.28. The summed E-state index contributed by atoms with van der Waals surface area (Å²) in [6, 6.07) is 15.3. The minimum absolute atomic E-state index is 0.115. The largest absolute Gasteiger partial charge is 0.339 e. The second kappa shape index (κ2) is 9.86. The fourth-order valence-corrected chi connectivity index (χ4v) is 6.32. The zero-order chi connectivity index (χ0) is 24.5. The van der Waals surface area contributed by atoms with Gasteiger partial charge in [-0.3, -0.25) is 14.8 Å². The summed E-state index contributed by atoms with van der Waals surface area (Å²) in [6.45, 7) is 8.06. The molecule has 6 N–H and O–H groups in total. The Morgan fingerprint density at radius 1 is 1.03 bits per heavy atom. The van der Waals surface area contributed by atoms with Gasteiger partial charge in [-0.2, -0.15) is 0 Å². The summed E-state index contributed by atoms with van der Waals surface area (Å²) in [6.07, 6.45) is 2.71. The van der Waals surface area contributed by atoms with Crippen molar-refractivity contribution in [2.45, 2.75) is 52.2 Å². The minimum Gasteiger partial charge on any atom is -0.339 e. The van der Waals surface area contributed by atoms with Gasteiger partial charge in [-0.25, -0.2) is 5.48 Å². The van der Waals surface area contributed by atoms with Crippen molar-refractivity contribution >= 4 is 11.8 Å². The second-order valence-electron chi connectivity index (χ2n) is 10.4. The van der Waals surface area contributed by atoms with E-state index in [0.717, 1.165) is 35.4 Å². The first-order valence-corrected chi connectivity index (χ1v) is 12.1. The summed E-state index contributed by atoms with van der Waals surface area (Å²) in [5.41, 5.74) is 11.2. The van der Waals surface area contributed by atoms with Crippen LogP contribution in [0.2, 0.25) is 0 Å². The summed E-state index contributed by atoms with van der Waals surface area (Å²) >= 11 is 0. The number of hydrogen-bond donors (Lipinski definition) is 5. The Morgan fingerprint density at radius 2 is 1.62 bits per heavy atom. The van der Waals surface area contributed by atoms with E-state index in [4.69, 9.17) is 10.9 Å². The van der Waals surface area contributed by atoms with Gasteiger partial charge in [0.25, 0.3) is 11.8 Å². The fourth-order valence-electron chi connectivity index (χ4n) is 6.32. The summed E-state index contributed by atoms with van der Waals surface area (Å²) in [5, 5.41) is 15.1. The molecule has 2 aliphatic rings. The number of nitrogens with one attached hydrogen (secondary N) is 3. The van der Waals surface area contributed by atoms with E-state index in [0.29, 0.717) is 17.0 Å². The van der Waals surface area contributed by atoms with Gasteiger partial charge >= 0.3 is 0 Å². The predicted molar refractivity (Wildman–Crippen MR) is 132 cm³/mol. The van der Waals surface area contributed by atoms with Crippen molar-refractivity contribution in [2.75, 3.05) is 6.54 Å². The van der Waals surface area contributed by atoms with E-state index in [1.54, 1.807) is 12.1 Å². The highest BCUT2D eigenvalue weighted by molar-refractivity contribution is 5.97. The SMILES string of the molecule is C[C@@H]1[C@@H](NCc2ccc(-c3ccc(C(=O)N[C@@H](CN)C(=O)NO)cc3)cc2)[C@H]2CC[C@@H]1C2(C)C. The van der Waals surface area contributed by atoms with Crippen molar-refractivity contribution in [1.29, 1.82) is 0 Å². The fraction of sp³-hybridized carbons (Fsp3) is 0.481. The van der Waals surface area contributed by atoms with Crippen molar-refractivity contribution in [2.24, 2.45) is 28.9 Å². The van der Waals surface area contributed by atoms with Gasteiger partial charge in [-0.05, 0) is 64.8 Å². The Bertz CT molecular complexity index is 1020. The van der Waals surface area contributed by atoms with Gasteiger partial charge < -0.3 is 16.4 Å². The van der Waals surface area contributed by atoms with Crippen LogP contribution in [0.1, 0.15) is 49.5 Å². The molecule has 2 fully saturated rings. The van der Waals surface area contributed by atoms with Gasteiger partial charge in [-0.15, -0.1) is 0 Å². The third kappa shape index (κ3) is 4.60. The molecule has 5 atom stereocenters. The lowest BCUT2D eigenvalue weighted by Gasteiger charge is -2.29. The molecule has 182 valence electrons. The number of amides is 2. The Kier molecular flexibility index (Phi) is 7.07. The molecule has 34 heavy (non-hydrogen) atoms. The first kappa shape index (κ1) is 24.4. The standard InChI is InChI=1S/C27H36N4O3/c1-16-21-12-13-22(27(21,2)3)24(16)29-15-17-4-6-18(7-5-17)19-8-10-20(11-9-19)25(32)30-23(14-28)26(33)31-34/h4-11,16,21-24,29,34H,12-15,28H2,1-3H3,(H,30,32)(H,31,33)/t16-,21-,22+,23-,24+/m0/s1. The molecule has 0 radical (unpaired) electrons. The number of carbonyl (C=O) groups excluding carboxylic acids is 2. The van der Waals surface area contributed by atoms with E-state index in [9.17, 15) is 9.59 Å². The number of benzene rings is 2. The molecule has 7 nitrogen and oxygen atoms in total. The normalized spacial score (nSPS) is 25.7. The van der Waals surface area contributed by atoms with E-state index in [1.807, 2.05) is 12.1 Å². The van der Waals surface area contributed by atoms with Crippen molar-refractivity contribution in [3.63, 3.8) is 0 Å². The lowest BCUT2D eigenvalue weighted by atomic mass is 9.80. The Morgan fingerprint density at radius 3 is 2.15 bits per heavy atom. The van der Waals surface area contributed by atoms with Crippen LogP contribution in [0.15, 0.2) is 48.5 Å². The first-order chi connectivity index (χ1) is 16.3. The van der Waals surface area contributed by atoms with Crippen LogP contribution in [-0.4, -0.2) is 35.7 Å². The Hall–Kier alpha value is -2.74. The van der Waals surface area contributed by atoms with Crippen LogP contribution < -0.4 is 21.8 Å². The molecule has 7 heteroatoms. The number of fused-ring (bicyclic) bond motifs is 2. The third-order valence-corrected chi connectivity index (χ3v) is 8.28. The van der Waals surface area contributed by atoms with E-state index < -0.39 is 17.9 Å². The molecule has 0 heterocycles. The maximum Gasteiger partial charge on any atom is 0.267 e. The maximum atomic E-state index is 12.4. The van der Waals surface area contributed by atoms with Crippen molar-refractivity contribution in [1.82, 2.24) is 16.1 Å².